The summed E-state index contributed by atoms with van der Waals surface area (Å²) >= 11 is 7.21. The molecule has 1 aromatic carbocycles. The second-order valence-electron chi connectivity index (χ2n) is 5.54. The molecule has 1 atom stereocenters. The zero-order valence-corrected chi connectivity index (χ0v) is 13.6. The minimum Gasteiger partial charge on any atom is -0.340 e. The maximum absolute atomic E-state index is 13.3. The normalized spacial score (nSPS) is 18.0. The van der Waals surface area contributed by atoms with Gasteiger partial charge in [0.25, 0.3) is 5.91 Å². The third-order valence-corrected chi connectivity index (χ3v) is 5.29. The van der Waals surface area contributed by atoms with E-state index in [0.29, 0.717) is 32.6 Å². The van der Waals surface area contributed by atoms with Crippen LogP contribution in [0.25, 0.3) is 11.0 Å². The first kappa shape index (κ1) is 14.7. The summed E-state index contributed by atoms with van der Waals surface area (Å²) in [5, 5.41) is 0. The van der Waals surface area contributed by atoms with Crippen LogP contribution >= 0.6 is 22.9 Å². The van der Waals surface area contributed by atoms with E-state index in [2.05, 4.69) is 9.97 Å². The third kappa shape index (κ3) is 2.62. The molecular formula is C16H13ClFN3OS. The summed E-state index contributed by atoms with van der Waals surface area (Å²) in [4.78, 5) is 22.8. The molecule has 23 heavy (non-hydrogen) atoms. The predicted molar refractivity (Wildman–Crippen MR) is 88.4 cm³/mol. The molecule has 0 bridgehead atoms. The number of carbonyl (C=O) groups excluding carboxylic acids is 1. The van der Waals surface area contributed by atoms with E-state index in [4.69, 9.17) is 11.6 Å². The number of hydrogen-bond acceptors (Lipinski definition) is 3. The van der Waals surface area contributed by atoms with Crippen LogP contribution in [0, 0.1) is 5.82 Å². The fourth-order valence-electron chi connectivity index (χ4n) is 3.02. The van der Waals surface area contributed by atoms with Gasteiger partial charge in [-0.05, 0) is 43.2 Å². The van der Waals surface area contributed by atoms with Gasteiger partial charge in [-0.3, -0.25) is 4.79 Å². The van der Waals surface area contributed by atoms with E-state index in [-0.39, 0.29) is 17.8 Å². The number of likely N-dealkylation sites (tertiary alicyclic amines) is 1. The summed E-state index contributed by atoms with van der Waals surface area (Å²) in [6.07, 6.45) is 1.76. The summed E-state index contributed by atoms with van der Waals surface area (Å²) in [5.74, 6) is 0.371. The number of hydrogen-bond donors (Lipinski definition) is 1. The van der Waals surface area contributed by atoms with E-state index in [1.165, 1.54) is 23.5 Å². The lowest BCUT2D eigenvalue weighted by Crippen LogP contribution is -2.30. The van der Waals surface area contributed by atoms with E-state index >= 15 is 0 Å². The fourth-order valence-corrected chi connectivity index (χ4v) is 4.02. The van der Waals surface area contributed by atoms with Crippen molar-refractivity contribution in [2.24, 2.45) is 0 Å². The number of rotatable bonds is 2. The molecule has 1 amide bonds. The van der Waals surface area contributed by atoms with Crippen molar-refractivity contribution in [2.45, 2.75) is 18.9 Å². The zero-order chi connectivity index (χ0) is 16.0. The molecule has 2 aromatic heterocycles. The molecule has 0 aliphatic carbocycles. The van der Waals surface area contributed by atoms with Crippen molar-refractivity contribution in [1.82, 2.24) is 14.9 Å². The Kier molecular flexibility index (Phi) is 3.58. The number of thiophene rings is 1. The molecule has 1 aliphatic heterocycles. The highest BCUT2D eigenvalue weighted by Crippen LogP contribution is 2.34. The molecule has 1 saturated heterocycles. The SMILES string of the molecule is O=C(c1ccc(Cl)s1)N1CCCC1c1nc2ccc(F)cc2[nH]1. The van der Waals surface area contributed by atoms with E-state index < -0.39 is 0 Å². The first-order chi connectivity index (χ1) is 11.1. The van der Waals surface area contributed by atoms with Gasteiger partial charge in [-0.2, -0.15) is 0 Å². The zero-order valence-electron chi connectivity index (χ0n) is 12.1. The number of aromatic nitrogens is 2. The van der Waals surface area contributed by atoms with Crippen LogP contribution < -0.4 is 0 Å². The van der Waals surface area contributed by atoms with Crippen molar-refractivity contribution in [2.75, 3.05) is 6.54 Å². The molecule has 3 aromatic rings. The maximum Gasteiger partial charge on any atom is 0.264 e. The van der Waals surface area contributed by atoms with Crippen LogP contribution in [0.5, 0.6) is 0 Å². The number of benzene rings is 1. The van der Waals surface area contributed by atoms with Crippen molar-refractivity contribution < 1.29 is 9.18 Å². The molecule has 1 aliphatic rings. The Hall–Kier alpha value is -1.92. The summed E-state index contributed by atoms with van der Waals surface area (Å²) in [7, 11) is 0. The largest absolute Gasteiger partial charge is 0.340 e. The first-order valence-corrected chi connectivity index (χ1v) is 8.53. The Morgan fingerprint density at radius 1 is 1.39 bits per heavy atom. The van der Waals surface area contributed by atoms with Gasteiger partial charge in [-0.15, -0.1) is 11.3 Å². The lowest BCUT2D eigenvalue weighted by Gasteiger charge is -2.22. The van der Waals surface area contributed by atoms with Crippen LogP contribution in [0.2, 0.25) is 4.34 Å². The Bertz CT molecular complexity index is 890. The fraction of sp³-hybridized carbons (Fsp3) is 0.250. The summed E-state index contributed by atoms with van der Waals surface area (Å²) in [6, 6.07) is 7.82. The monoisotopic (exact) mass is 349 g/mol. The molecular weight excluding hydrogens is 337 g/mol. The van der Waals surface area contributed by atoms with E-state index in [1.54, 1.807) is 18.2 Å². The molecule has 0 saturated carbocycles. The third-order valence-electron chi connectivity index (χ3n) is 4.08. The van der Waals surface area contributed by atoms with Crippen LogP contribution in [-0.2, 0) is 0 Å². The van der Waals surface area contributed by atoms with Crippen LogP contribution in [0.3, 0.4) is 0 Å². The van der Waals surface area contributed by atoms with Crippen molar-refractivity contribution in [3.8, 4) is 0 Å². The molecule has 118 valence electrons. The molecule has 7 heteroatoms. The number of fused-ring (bicyclic) bond motifs is 1. The number of imidazole rings is 1. The van der Waals surface area contributed by atoms with Gasteiger partial charge in [0.2, 0.25) is 0 Å². The first-order valence-electron chi connectivity index (χ1n) is 7.33. The summed E-state index contributed by atoms with van der Waals surface area (Å²) in [6.45, 7) is 0.685. The van der Waals surface area contributed by atoms with E-state index in [1.807, 2.05) is 4.90 Å². The second kappa shape index (κ2) is 5.62. The van der Waals surface area contributed by atoms with Gasteiger partial charge in [0.05, 0.1) is 26.3 Å². The van der Waals surface area contributed by atoms with Gasteiger partial charge in [-0.25, -0.2) is 9.37 Å². The van der Waals surface area contributed by atoms with Gasteiger partial charge >= 0.3 is 0 Å². The average Bonchev–Trinajstić information content (AvgIpc) is 3.23. The van der Waals surface area contributed by atoms with Gasteiger partial charge in [0, 0.05) is 6.54 Å². The smallest absolute Gasteiger partial charge is 0.264 e. The molecule has 3 heterocycles. The highest BCUT2D eigenvalue weighted by Gasteiger charge is 2.33. The highest BCUT2D eigenvalue weighted by atomic mass is 35.5. The number of nitrogens with one attached hydrogen (secondary N) is 1. The molecule has 0 radical (unpaired) electrons. The molecule has 1 fully saturated rings. The topological polar surface area (TPSA) is 49.0 Å². The van der Waals surface area contributed by atoms with Gasteiger partial charge in [0.1, 0.15) is 11.6 Å². The number of H-pyrrole nitrogens is 1. The van der Waals surface area contributed by atoms with Crippen molar-refractivity contribution in [1.29, 1.82) is 0 Å². The highest BCUT2D eigenvalue weighted by molar-refractivity contribution is 7.17. The van der Waals surface area contributed by atoms with Crippen LogP contribution in [-0.4, -0.2) is 27.3 Å². The number of halogens is 2. The quantitative estimate of drug-likeness (QED) is 0.745. The van der Waals surface area contributed by atoms with Crippen molar-refractivity contribution in [3.63, 3.8) is 0 Å². The lowest BCUT2D eigenvalue weighted by molar-refractivity contribution is 0.0735. The number of aromatic amines is 1. The predicted octanol–water partition coefficient (Wildman–Crippen LogP) is 4.39. The van der Waals surface area contributed by atoms with Crippen LogP contribution in [0.1, 0.15) is 34.4 Å². The minimum atomic E-state index is -0.305. The molecule has 4 rings (SSSR count). The lowest BCUT2D eigenvalue weighted by atomic mass is 10.2. The number of amides is 1. The standard InChI is InChI=1S/C16H13ClFN3OS/c17-14-6-5-13(23-14)16(22)21-7-1-2-12(21)15-19-10-4-3-9(18)8-11(10)20-15/h3-6,8,12H,1-2,7H2,(H,19,20). The summed E-state index contributed by atoms with van der Waals surface area (Å²) < 4.78 is 13.9. The minimum absolute atomic E-state index is 0.0314. The van der Waals surface area contributed by atoms with Crippen molar-refractivity contribution >= 4 is 39.9 Å². The average molecular weight is 350 g/mol. The maximum atomic E-state index is 13.3. The molecule has 1 unspecified atom stereocenters. The second-order valence-corrected chi connectivity index (χ2v) is 7.26. The molecule has 1 N–H and O–H groups in total. The van der Waals surface area contributed by atoms with Crippen molar-refractivity contribution in [3.05, 3.63) is 51.2 Å². The van der Waals surface area contributed by atoms with Gasteiger partial charge in [-0.1, -0.05) is 11.6 Å². The number of carbonyl (C=O) groups is 1. The molecule has 0 spiro atoms. The summed E-state index contributed by atoms with van der Waals surface area (Å²) in [5.41, 5.74) is 1.36. The van der Waals surface area contributed by atoms with E-state index in [9.17, 15) is 9.18 Å². The Labute approximate surface area is 140 Å². The Balaban J connectivity index is 1.67. The Morgan fingerprint density at radius 3 is 3.04 bits per heavy atom. The van der Waals surface area contributed by atoms with Crippen LogP contribution in [0.4, 0.5) is 4.39 Å². The Morgan fingerprint density at radius 2 is 2.26 bits per heavy atom. The van der Waals surface area contributed by atoms with Gasteiger partial charge in [0.15, 0.2) is 0 Å². The van der Waals surface area contributed by atoms with E-state index in [0.717, 1.165) is 12.8 Å². The molecule has 4 nitrogen and oxygen atoms in total. The number of nitrogens with zero attached hydrogens (tertiary/aromatic N) is 2. The van der Waals surface area contributed by atoms with Gasteiger partial charge < -0.3 is 9.88 Å². The van der Waals surface area contributed by atoms with Crippen LogP contribution in [0.15, 0.2) is 30.3 Å².